The van der Waals surface area contributed by atoms with E-state index in [1.165, 1.54) is 0 Å². The highest BCUT2D eigenvalue weighted by Gasteiger charge is 2.47. The Morgan fingerprint density at radius 1 is 1.29 bits per heavy atom. The number of aliphatic hydroxyl groups is 1. The fraction of sp³-hybridized carbons (Fsp3) is 0.667. The first-order valence-electron chi connectivity index (χ1n) is 8.10. The monoisotopic (exact) mass is 291 g/mol. The third-order valence-corrected chi connectivity index (χ3v) is 4.98. The fourth-order valence-corrected chi connectivity index (χ4v) is 3.54. The van der Waals surface area contributed by atoms with Crippen molar-refractivity contribution >= 4 is 0 Å². The Hall–Kier alpha value is -0.900. The van der Waals surface area contributed by atoms with Gasteiger partial charge in [0.05, 0.1) is 5.60 Å². The van der Waals surface area contributed by atoms with Crippen LogP contribution in [0.15, 0.2) is 30.3 Å². The smallest absolute Gasteiger partial charge is 0.0961 e. The number of piperidine rings is 1. The van der Waals surface area contributed by atoms with Crippen molar-refractivity contribution in [2.45, 2.75) is 44.6 Å². The van der Waals surface area contributed by atoms with E-state index in [2.05, 4.69) is 24.4 Å². The van der Waals surface area contributed by atoms with Gasteiger partial charge in [0.25, 0.3) is 0 Å². The summed E-state index contributed by atoms with van der Waals surface area (Å²) in [6, 6.07) is 10.2. The molecule has 0 amide bonds. The van der Waals surface area contributed by atoms with Crippen LogP contribution >= 0.6 is 0 Å². The van der Waals surface area contributed by atoms with Crippen LogP contribution in [-0.2, 0) is 10.3 Å². The van der Waals surface area contributed by atoms with Crippen molar-refractivity contribution in [1.29, 1.82) is 0 Å². The van der Waals surface area contributed by atoms with Gasteiger partial charge in [0.15, 0.2) is 0 Å². The molecule has 1 aliphatic heterocycles. The molecule has 118 valence electrons. The minimum absolute atomic E-state index is 0.111. The van der Waals surface area contributed by atoms with Crippen LogP contribution in [-0.4, -0.2) is 31.9 Å². The Bertz CT molecular complexity index is 414. The van der Waals surface area contributed by atoms with Gasteiger partial charge in [-0.05, 0) is 44.2 Å². The normalized spacial score (nSPS) is 25.5. The summed E-state index contributed by atoms with van der Waals surface area (Å²) in [5, 5.41) is 15.1. The molecule has 2 N–H and O–H groups in total. The van der Waals surface area contributed by atoms with Crippen molar-refractivity contribution in [3.8, 4) is 0 Å². The predicted molar refractivity (Wildman–Crippen MR) is 86.3 cm³/mol. The van der Waals surface area contributed by atoms with E-state index in [1.807, 2.05) is 18.2 Å². The lowest BCUT2D eigenvalue weighted by molar-refractivity contribution is -0.102. The van der Waals surface area contributed by atoms with Crippen molar-refractivity contribution in [3.63, 3.8) is 0 Å². The van der Waals surface area contributed by atoms with Gasteiger partial charge in [-0.1, -0.05) is 37.3 Å². The van der Waals surface area contributed by atoms with Gasteiger partial charge in [0, 0.05) is 25.7 Å². The Kier molecular flexibility index (Phi) is 5.80. The zero-order valence-electron chi connectivity index (χ0n) is 13.4. The molecule has 0 spiro atoms. The first kappa shape index (κ1) is 16.5. The van der Waals surface area contributed by atoms with Crippen LogP contribution in [0.3, 0.4) is 0 Å². The Labute approximate surface area is 128 Å². The molecule has 1 fully saturated rings. The van der Waals surface area contributed by atoms with Crippen LogP contribution in [0.25, 0.3) is 0 Å². The van der Waals surface area contributed by atoms with E-state index >= 15 is 0 Å². The van der Waals surface area contributed by atoms with Gasteiger partial charge in [-0.3, -0.25) is 0 Å². The van der Waals surface area contributed by atoms with E-state index < -0.39 is 5.60 Å². The van der Waals surface area contributed by atoms with E-state index in [-0.39, 0.29) is 5.41 Å². The molecule has 1 aromatic carbocycles. The average molecular weight is 291 g/mol. The predicted octanol–water partition coefficient (Wildman–Crippen LogP) is 3.08. The summed E-state index contributed by atoms with van der Waals surface area (Å²) in [7, 11) is 1.73. The second-order valence-electron chi connectivity index (χ2n) is 6.52. The molecule has 1 aliphatic rings. The number of ether oxygens (including phenoxy) is 1. The van der Waals surface area contributed by atoms with Gasteiger partial charge in [-0.15, -0.1) is 0 Å². The first-order chi connectivity index (χ1) is 10.1. The molecule has 1 unspecified atom stereocenters. The van der Waals surface area contributed by atoms with Crippen LogP contribution in [0.5, 0.6) is 0 Å². The summed E-state index contributed by atoms with van der Waals surface area (Å²) in [4.78, 5) is 0. The summed E-state index contributed by atoms with van der Waals surface area (Å²) >= 11 is 0. The highest BCUT2D eigenvalue weighted by atomic mass is 16.5. The highest BCUT2D eigenvalue weighted by molar-refractivity contribution is 5.26. The molecule has 2 rings (SSSR count). The van der Waals surface area contributed by atoms with Crippen molar-refractivity contribution in [2.24, 2.45) is 5.41 Å². The maximum atomic E-state index is 11.6. The van der Waals surface area contributed by atoms with E-state index in [0.717, 1.165) is 57.4 Å². The van der Waals surface area contributed by atoms with Crippen LogP contribution in [0.4, 0.5) is 0 Å². The molecule has 1 heterocycles. The summed E-state index contributed by atoms with van der Waals surface area (Å²) in [6.45, 7) is 4.93. The first-order valence-corrected chi connectivity index (χ1v) is 8.10. The Morgan fingerprint density at radius 2 is 2.05 bits per heavy atom. The SMILES string of the molecule is COCCCC[C@@](O)(c1ccccc1)C1(C)CCCNC1. The number of unbranched alkanes of at least 4 members (excludes halogenated alkanes) is 1. The zero-order valence-corrected chi connectivity index (χ0v) is 13.4. The maximum Gasteiger partial charge on any atom is 0.0961 e. The molecule has 3 nitrogen and oxygen atoms in total. The molecule has 0 saturated carbocycles. The molecule has 0 aliphatic carbocycles. The Balaban J connectivity index is 2.20. The van der Waals surface area contributed by atoms with Gasteiger partial charge < -0.3 is 15.2 Å². The molecule has 0 aromatic heterocycles. The second-order valence-corrected chi connectivity index (χ2v) is 6.52. The van der Waals surface area contributed by atoms with E-state index in [9.17, 15) is 5.11 Å². The summed E-state index contributed by atoms with van der Waals surface area (Å²) < 4.78 is 5.14. The number of benzene rings is 1. The second kappa shape index (κ2) is 7.39. The van der Waals surface area contributed by atoms with Crippen LogP contribution in [0.2, 0.25) is 0 Å². The van der Waals surface area contributed by atoms with E-state index in [0.29, 0.717) is 0 Å². The molecule has 21 heavy (non-hydrogen) atoms. The standard InChI is InChI=1S/C18H29NO2/c1-17(11-8-13-19-15-17)18(20,12-6-7-14-21-2)16-9-4-3-5-10-16/h3-5,9-10,19-20H,6-8,11-15H2,1-2H3/t17?,18-/m1/s1. The van der Waals surface area contributed by atoms with Crippen molar-refractivity contribution in [3.05, 3.63) is 35.9 Å². The maximum absolute atomic E-state index is 11.6. The summed E-state index contributed by atoms with van der Waals surface area (Å²) in [5.41, 5.74) is 0.170. The van der Waals surface area contributed by atoms with Gasteiger partial charge in [0.2, 0.25) is 0 Å². The molecular formula is C18H29NO2. The summed E-state index contributed by atoms with van der Waals surface area (Å²) in [5.74, 6) is 0. The van der Waals surface area contributed by atoms with Gasteiger partial charge in [-0.25, -0.2) is 0 Å². The molecule has 0 bridgehead atoms. The fourth-order valence-electron chi connectivity index (χ4n) is 3.54. The van der Waals surface area contributed by atoms with Crippen LogP contribution < -0.4 is 5.32 Å². The molecule has 0 radical (unpaired) electrons. The van der Waals surface area contributed by atoms with Crippen LogP contribution in [0, 0.1) is 5.41 Å². The third-order valence-electron chi connectivity index (χ3n) is 4.98. The molecule has 2 atom stereocenters. The largest absolute Gasteiger partial charge is 0.385 e. The quantitative estimate of drug-likeness (QED) is 0.759. The van der Waals surface area contributed by atoms with Crippen LogP contribution in [0.1, 0.15) is 44.6 Å². The Morgan fingerprint density at radius 3 is 2.67 bits per heavy atom. The minimum Gasteiger partial charge on any atom is -0.385 e. The average Bonchev–Trinajstić information content (AvgIpc) is 2.53. The van der Waals surface area contributed by atoms with Gasteiger partial charge in [-0.2, -0.15) is 0 Å². The molecule has 3 heteroatoms. The topological polar surface area (TPSA) is 41.5 Å². The van der Waals surface area contributed by atoms with Crippen molar-refractivity contribution in [1.82, 2.24) is 5.32 Å². The molecule has 1 aromatic rings. The van der Waals surface area contributed by atoms with Gasteiger partial charge in [0.1, 0.15) is 0 Å². The van der Waals surface area contributed by atoms with Crippen molar-refractivity contribution < 1.29 is 9.84 Å². The molecule has 1 saturated heterocycles. The van der Waals surface area contributed by atoms with E-state index in [4.69, 9.17) is 4.74 Å². The lowest BCUT2D eigenvalue weighted by Crippen LogP contribution is -2.52. The van der Waals surface area contributed by atoms with Crippen molar-refractivity contribution in [2.75, 3.05) is 26.8 Å². The zero-order chi connectivity index (χ0) is 15.2. The van der Waals surface area contributed by atoms with Gasteiger partial charge >= 0.3 is 0 Å². The number of methoxy groups -OCH3 is 1. The molecular weight excluding hydrogens is 262 g/mol. The number of hydrogen-bond acceptors (Lipinski definition) is 3. The summed E-state index contributed by atoms with van der Waals surface area (Å²) in [6.07, 6.45) is 4.96. The number of nitrogens with one attached hydrogen (secondary N) is 1. The third kappa shape index (κ3) is 3.65. The number of hydrogen-bond donors (Lipinski definition) is 2. The lowest BCUT2D eigenvalue weighted by atomic mass is 9.64. The highest BCUT2D eigenvalue weighted by Crippen LogP contribution is 2.47. The minimum atomic E-state index is -0.768. The number of rotatable bonds is 7. The van der Waals surface area contributed by atoms with E-state index in [1.54, 1.807) is 7.11 Å². The lowest BCUT2D eigenvalue weighted by Gasteiger charge is -2.48.